The van der Waals surface area contributed by atoms with Gasteiger partial charge in [0.1, 0.15) is 0 Å². The Labute approximate surface area is 125 Å². The minimum atomic E-state index is 0.220. The van der Waals surface area contributed by atoms with Crippen molar-refractivity contribution in [1.29, 1.82) is 0 Å². The van der Waals surface area contributed by atoms with Crippen LogP contribution < -0.4 is 0 Å². The number of hydrogen-bond donors (Lipinski definition) is 0. The Kier molecular flexibility index (Phi) is 2.99. The molecule has 0 saturated carbocycles. The van der Waals surface area contributed by atoms with Gasteiger partial charge in [0.2, 0.25) is 0 Å². The molecule has 1 amide bonds. The quantitative estimate of drug-likeness (QED) is 0.777. The summed E-state index contributed by atoms with van der Waals surface area (Å²) in [5.41, 5.74) is 3.71. The zero-order chi connectivity index (χ0) is 14.4. The summed E-state index contributed by atoms with van der Waals surface area (Å²) in [5.74, 6) is 0.844. The number of benzene rings is 2. The summed E-state index contributed by atoms with van der Waals surface area (Å²) in [6.45, 7) is 4.06. The van der Waals surface area contributed by atoms with Gasteiger partial charge in [0.05, 0.1) is 0 Å². The van der Waals surface area contributed by atoms with Gasteiger partial charge in [-0.1, -0.05) is 31.2 Å². The number of hydrogen-bond acceptors (Lipinski definition) is 1. The average molecular weight is 279 g/mol. The highest BCUT2D eigenvalue weighted by Gasteiger charge is 2.25. The summed E-state index contributed by atoms with van der Waals surface area (Å²) in [4.78, 5) is 15.0. The summed E-state index contributed by atoms with van der Waals surface area (Å²) in [6, 6.07) is 10.6. The molecule has 1 saturated heterocycles. The summed E-state index contributed by atoms with van der Waals surface area (Å²) >= 11 is 0. The molecule has 0 bridgehead atoms. The van der Waals surface area contributed by atoms with Crippen LogP contribution in [0.5, 0.6) is 0 Å². The first-order chi connectivity index (χ1) is 10.2. The van der Waals surface area contributed by atoms with Gasteiger partial charge in [0, 0.05) is 18.7 Å². The van der Waals surface area contributed by atoms with E-state index in [1.807, 2.05) is 11.0 Å². The van der Waals surface area contributed by atoms with E-state index in [1.165, 1.54) is 22.9 Å². The lowest BCUT2D eigenvalue weighted by Crippen LogP contribution is -2.39. The third-order valence-electron chi connectivity index (χ3n) is 5.05. The van der Waals surface area contributed by atoms with Gasteiger partial charge < -0.3 is 4.90 Å². The molecular formula is C19H21NO. The number of rotatable bonds is 1. The Morgan fingerprint density at radius 2 is 1.95 bits per heavy atom. The molecule has 2 heteroatoms. The maximum absolute atomic E-state index is 12.9. The van der Waals surface area contributed by atoms with E-state index in [0.717, 1.165) is 43.3 Å². The van der Waals surface area contributed by atoms with Gasteiger partial charge in [-0.25, -0.2) is 0 Å². The summed E-state index contributed by atoms with van der Waals surface area (Å²) in [7, 11) is 0. The third kappa shape index (κ3) is 2.05. The molecule has 1 aliphatic heterocycles. The number of carbonyl (C=O) groups is 1. The van der Waals surface area contributed by atoms with Crippen molar-refractivity contribution in [2.24, 2.45) is 5.92 Å². The van der Waals surface area contributed by atoms with E-state index in [0.29, 0.717) is 5.92 Å². The van der Waals surface area contributed by atoms with Gasteiger partial charge in [-0.3, -0.25) is 4.79 Å². The predicted molar refractivity (Wildman–Crippen MR) is 85.7 cm³/mol. The second-order valence-corrected chi connectivity index (χ2v) is 6.61. The second kappa shape index (κ2) is 4.87. The maximum Gasteiger partial charge on any atom is 0.254 e. The lowest BCUT2D eigenvalue weighted by molar-refractivity contribution is 0.0685. The van der Waals surface area contributed by atoms with Gasteiger partial charge in [0.25, 0.3) is 5.91 Å². The smallest absolute Gasteiger partial charge is 0.254 e. The fourth-order valence-corrected chi connectivity index (χ4v) is 3.98. The molecule has 1 fully saturated rings. The van der Waals surface area contributed by atoms with Gasteiger partial charge in [0.15, 0.2) is 0 Å². The van der Waals surface area contributed by atoms with Gasteiger partial charge in [-0.15, -0.1) is 0 Å². The first kappa shape index (κ1) is 12.9. The first-order valence-electron chi connectivity index (χ1n) is 8.07. The van der Waals surface area contributed by atoms with E-state index in [2.05, 4.69) is 31.2 Å². The molecule has 1 aliphatic carbocycles. The van der Waals surface area contributed by atoms with Crippen LogP contribution in [0.25, 0.3) is 10.8 Å². The van der Waals surface area contributed by atoms with E-state index in [9.17, 15) is 4.79 Å². The van der Waals surface area contributed by atoms with Crippen LogP contribution in [-0.2, 0) is 12.8 Å². The average Bonchev–Trinajstić information content (AvgIpc) is 2.92. The van der Waals surface area contributed by atoms with E-state index in [4.69, 9.17) is 0 Å². The molecule has 2 aromatic rings. The Balaban J connectivity index is 1.79. The SMILES string of the molecule is C[C@@H]1CCCN(C(=O)c2ccc3c4c(cccc24)CC3)C1. The molecule has 2 aliphatic rings. The standard InChI is InChI=1S/C19H21NO/c1-13-4-3-11-20(12-13)19(21)17-10-9-15-8-7-14-5-2-6-16(17)18(14)15/h2,5-6,9-10,13H,3-4,7-8,11-12H2,1H3/t13-/m1/s1. The lowest BCUT2D eigenvalue weighted by Gasteiger charge is -2.31. The minimum Gasteiger partial charge on any atom is -0.338 e. The zero-order valence-electron chi connectivity index (χ0n) is 12.6. The van der Waals surface area contributed by atoms with Gasteiger partial charge in [-0.05, 0) is 59.6 Å². The van der Waals surface area contributed by atoms with Gasteiger partial charge >= 0.3 is 0 Å². The van der Waals surface area contributed by atoms with E-state index in [1.54, 1.807) is 0 Å². The molecule has 2 aromatic carbocycles. The fraction of sp³-hybridized carbons (Fsp3) is 0.421. The Hall–Kier alpha value is -1.83. The molecule has 0 spiro atoms. The molecule has 0 aromatic heterocycles. The topological polar surface area (TPSA) is 20.3 Å². The molecule has 21 heavy (non-hydrogen) atoms. The highest BCUT2D eigenvalue weighted by molar-refractivity contribution is 6.09. The molecular weight excluding hydrogens is 258 g/mol. The molecule has 108 valence electrons. The van der Waals surface area contributed by atoms with Crippen LogP contribution in [-0.4, -0.2) is 23.9 Å². The summed E-state index contributed by atoms with van der Waals surface area (Å²) in [5, 5.41) is 2.50. The molecule has 1 atom stereocenters. The van der Waals surface area contributed by atoms with Crippen LogP contribution in [0.15, 0.2) is 30.3 Å². The van der Waals surface area contributed by atoms with Crippen molar-refractivity contribution < 1.29 is 4.79 Å². The number of aryl methyl sites for hydroxylation is 2. The number of carbonyl (C=O) groups excluding carboxylic acids is 1. The highest BCUT2D eigenvalue weighted by atomic mass is 16.2. The highest BCUT2D eigenvalue weighted by Crippen LogP contribution is 2.33. The fourth-order valence-electron chi connectivity index (χ4n) is 3.98. The van der Waals surface area contributed by atoms with Crippen molar-refractivity contribution >= 4 is 16.7 Å². The van der Waals surface area contributed by atoms with Crippen molar-refractivity contribution in [3.8, 4) is 0 Å². The molecule has 0 radical (unpaired) electrons. The van der Waals surface area contributed by atoms with Crippen LogP contribution >= 0.6 is 0 Å². The van der Waals surface area contributed by atoms with Crippen molar-refractivity contribution in [1.82, 2.24) is 4.90 Å². The normalized spacial score (nSPS) is 21.0. The second-order valence-electron chi connectivity index (χ2n) is 6.61. The molecule has 0 N–H and O–H groups in total. The van der Waals surface area contributed by atoms with E-state index in [-0.39, 0.29) is 5.91 Å². The Bertz CT molecular complexity index is 709. The van der Waals surface area contributed by atoms with Crippen LogP contribution in [0.4, 0.5) is 0 Å². The van der Waals surface area contributed by atoms with Gasteiger partial charge in [-0.2, -0.15) is 0 Å². The van der Waals surface area contributed by atoms with Crippen molar-refractivity contribution in [3.63, 3.8) is 0 Å². The van der Waals surface area contributed by atoms with E-state index < -0.39 is 0 Å². The number of amides is 1. The number of nitrogens with zero attached hydrogens (tertiary/aromatic N) is 1. The Morgan fingerprint density at radius 1 is 1.14 bits per heavy atom. The van der Waals surface area contributed by atoms with Crippen molar-refractivity contribution in [2.45, 2.75) is 32.6 Å². The minimum absolute atomic E-state index is 0.220. The predicted octanol–water partition coefficient (Wildman–Crippen LogP) is 3.81. The molecule has 2 nitrogen and oxygen atoms in total. The zero-order valence-corrected chi connectivity index (χ0v) is 12.6. The van der Waals surface area contributed by atoms with Crippen LogP contribution in [0.1, 0.15) is 41.3 Å². The van der Waals surface area contributed by atoms with Crippen LogP contribution in [0.3, 0.4) is 0 Å². The summed E-state index contributed by atoms with van der Waals surface area (Å²) < 4.78 is 0. The molecule has 0 unspecified atom stereocenters. The molecule has 4 rings (SSSR count). The number of piperidine rings is 1. The first-order valence-corrected chi connectivity index (χ1v) is 8.07. The van der Waals surface area contributed by atoms with Crippen LogP contribution in [0.2, 0.25) is 0 Å². The van der Waals surface area contributed by atoms with Crippen molar-refractivity contribution in [2.75, 3.05) is 13.1 Å². The number of likely N-dealkylation sites (tertiary alicyclic amines) is 1. The summed E-state index contributed by atoms with van der Waals surface area (Å²) in [6.07, 6.45) is 4.61. The third-order valence-corrected chi connectivity index (χ3v) is 5.05. The monoisotopic (exact) mass is 279 g/mol. The Morgan fingerprint density at radius 3 is 2.76 bits per heavy atom. The largest absolute Gasteiger partial charge is 0.338 e. The van der Waals surface area contributed by atoms with E-state index >= 15 is 0 Å². The maximum atomic E-state index is 12.9. The lowest BCUT2D eigenvalue weighted by atomic mass is 9.96. The van der Waals surface area contributed by atoms with Crippen molar-refractivity contribution in [3.05, 3.63) is 47.0 Å². The molecule has 1 heterocycles. The van der Waals surface area contributed by atoms with Crippen LogP contribution in [0, 0.1) is 5.92 Å².